The van der Waals surface area contributed by atoms with Crippen LogP contribution in [0.2, 0.25) is 0 Å². The third-order valence-corrected chi connectivity index (χ3v) is 3.13. The highest BCUT2D eigenvalue weighted by Crippen LogP contribution is 2.21. The smallest absolute Gasteiger partial charge is 0.341 e. The zero-order valence-corrected chi connectivity index (χ0v) is 14.4. The molecule has 1 atom stereocenters. The van der Waals surface area contributed by atoms with Crippen LogP contribution in [0, 0.1) is 0 Å². The van der Waals surface area contributed by atoms with E-state index in [0.29, 0.717) is 24.7 Å². The Labute approximate surface area is 147 Å². The maximum atomic E-state index is 13.0. The lowest BCUT2D eigenvalue weighted by Crippen LogP contribution is -2.22. The van der Waals surface area contributed by atoms with Crippen LogP contribution in [0.1, 0.15) is 25.0 Å². The summed E-state index contributed by atoms with van der Waals surface area (Å²) in [4.78, 5) is 10.4. The van der Waals surface area contributed by atoms with Crippen molar-refractivity contribution in [1.82, 2.24) is 0 Å². The van der Waals surface area contributed by atoms with Crippen molar-refractivity contribution >= 4 is 5.97 Å². The molecule has 0 aliphatic heterocycles. The summed E-state index contributed by atoms with van der Waals surface area (Å²) in [6, 6.07) is 14.4. The Morgan fingerprint density at radius 3 is 2.20 bits per heavy atom. The van der Waals surface area contributed by atoms with Crippen molar-refractivity contribution in [2.75, 3.05) is 6.61 Å². The quantitative estimate of drug-likeness (QED) is 0.762. The van der Waals surface area contributed by atoms with Gasteiger partial charge in [0.15, 0.2) is 0 Å². The molecule has 2 aromatic carbocycles. The van der Waals surface area contributed by atoms with Gasteiger partial charge in [0.1, 0.15) is 24.7 Å². The predicted molar refractivity (Wildman–Crippen MR) is 94.5 cm³/mol. The van der Waals surface area contributed by atoms with Gasteiger partial charge in [0.05, 0.1) is 0 Å². The molecule has 0 aliphatic carbocycles. The highest BCUT2D eigenvalue weighted by Gasteiger charge is 2.16. The van der Waals surface area contributed by atoms with Gasteiger partial charge in [-0.05, 0) is 23.3 Å². The van der Waals surface area contributed by atoms with E-state index in [4.69, 9.17) is 20.3 Å². The normalized spacial score (nSPS) is 11.0. The Balaban J connectivity index is 0.00000151. The number of ether oxygens (including phenoxy) is 2. The standard InChI is InChI=1S/C17H18FNO4.C2H6/c18-16(17(20)21)11-23-15-3-1-2-14(8-15)22-10-13-6-4-12(9-19)5-7-13;1-2/h1-8,16H,9-11,19H2,(H,20,21);1-2H3. The molecule has 2 rings (SSSR count). The van der Waals surface area contributed by atoms with E-state index in [1.54, 1.807) is 24.3 Å². The van der Waals surface area contributed by atoms with Gasteiger partial charge in [-0.2, -0.15) is 0 Å². The molecule has 0 saturated carbocycles. The van der Waals surface area contributed by atoms with Gasteiger partial charge in [0, 0.05) is 12.6 Å². The lowest BCUT2D eigenvalue weighted by atomic mass is 10.1. The summed E-state index contributed by atoms with van der Waals surface area (Å²) in [5.41, 5.74) is 7.58. The third kappa shape index (κ3) is 7.22. The van der Waals surface area contributed by atoms with Crippen molar-refractivity contribution in [1.29, 1.82) is 0 Å². The third-order valence-electron chi connectivity index (χ3n) is 3.13. The number of alkyl halides is 1. The Bertz CT molecular complexity index is 646. The molecule has 6 heteroatoms. The monoisotopic (exact) mass is 349 g/mol. The first-order valence-corrected chi connectivity index (χ1v) is 8.09. The first-order chi connectivity index (χ1) is 12.1. The van der Waals surface area contributed by atoms with Gasteiger partial charge in [0.2, 0.25) is 6.17 Å². The topological polar surface area (TPSA) is 81.8 Å². The van der Waals surface area contributed by atoms with E-state index in [2.05, 4.69) is 0 Å². The molecular formula is C19H24FNO4. The van der Waals surface area contributed by atoms with E-state index in [1.165, 1.54) is 0 Å². The molecular weight excluding hydrogens is 325 g/mol. The number of hydrogen-bond acceptors (Lipinski definition) is 4. The molecule has 3 N–H and O–H groups in total. The predicted octanol–water partition coefficient (Wildman–Crippen LogP) is 3.55. The SMILES string of the molecule is CC.NCc1ccc(COc2cccc(OCC(F)C(=O)O)c2)cc1. The van der Waals surface area contributed by atoms with Crippen molar-refractivity contribution in [3.63, 3.8) is 0 Å². The molecule has 0 aromatic heterocycles. The van der Waals surface area contributed by atoms with Crippen molar-refractivity contribution in [3.8, 4) is 11.5 Å². The van der Waals surface area contributed by atoms with Crippen molar-refractivity contribution < 1.29 is 23.8 Å². The van der Waals surface area contributed by atoms with Gasteiger partial charge in [0.25, 0.3) is 0 Å². The molecule has 0 saturated heterocycles. The first-order valence-electron chi connectivity index (χ1n) is 8.09. The van der Waals surface area contributed by atoms with E-state index >= 15 is 0 Å². The number of benzene rings is 2. The van der Waals surface area contributed by atoms with Crippen LogP contribution >= 0.6 is 0 Å². The van der Waals surface area contributed by atoms with Gasteiger partial charge >= 0.3 is 5.97 Å². The molecule has 0 amide bonds. The zero-order valence-electron chi connectivity index (χ0n) is 14.4. The van der Waals surface area contributed by atoms with Crippen LogP contribution in [0.15, 0.2) is 48.5 Å². The van der Waals surface area contributed by atoms with Crippen LogP contribution in [-0.2, 0) is 17.9 Å². The lowest BCUT2D eigenvalue weighted by Gasteiger charge is -2.10. The van der Waals surface area contributed by atoms with Crippen LogP contribution in [0.4, 0.5) is 4.39 Å². The average Bonchev–Trinajstić information content (AvgIpc) is 2.66. The van der Waals surface area contributed by atoms with E-state index < -0.39 is 18.7 Å². The van der Waals surface area contributed by atoms with Crippen LogP contribution < -0.4 is 15.2 Å². The van der Waals surface area contributed by atoms with Crippen molar-refractivity contribution in [2.45, 2.75) is 33.2 Å². The summed E-state index contributed by atoms with van der Waals surface area (Å²) in [7, 11) is 0. The second-order valence-electron chi connectivity index (χ2n) is 4.90. The molecule has 136 valence electrons. The molecule has 25 heavy (non-hydrogen) atoms. The Morgan fingerprint density at radius 2 is 1.64 bits per heavy atom. The first kappa shape index (κ1) is 20.4. The van der Waals surface area contributed by atoms with Gasteiger partial charge in [-0.15, -0.1) is 0 Å². The number of carboxylic acids is 1. The number of aliphatic carboxylic acids is 1. The second-order valence-corrected chi connectivity index (χ2v) is 4.90. The van der Waals surface area contributed by atoms with Crippen LogP contribution in [0.25, 0.3) is 0 Å². The lowest BCUT2D eigenvalue weighted by molar-refractivity contribution is -0.143. The molecule has 0 fully saturated rings. The summed E-state index contributed by atoms with van der Waals surface area (Å²) in [5.74, 6) is -0.639. The molecule has 5 nitrogen and oxygen atoms in total. The van der Waals surface area contributed by atoms with E-state index in [-0.39, 0.29) is 0 Å². The van der Waals surface area contributed by atoms with Gasteiger partial charge in [-0.3, -0.25) is 0 Å². The molecule has 0 spiro atoms. The van der Waals surface area contributed by atoms with E-state index in [9.17, 15) is 9.18 Å². The fourth-order valence-electron chi connectivity index (χ4n) is 1.83. The Morgan fingerprint density at radius 1 is 1.08 bits per heavy atom. The highest BCUT2D eigenvalue weighted by molar-refractivity contribution is 5.72. The van der Waals surface area contributed by atoms with E-state index in [0.717, 1.165) is 11.1 Å². The van der Waals surface area contributed by atoms with Crippen molar-refractivity contribution in [2.24, 2.45) is 5.73 Å². The number of nitrogens with two attached hydrogens (primary N) is 1. The number of halogens is 1. The second kappa shape index (κ2) is 11.0. The average molecular weight is 349 g/mol. The molecule has 0 aliphatic rings. The Kier molecular flexibility index (Phi) is 9.03. The number of rotatable bonds is 8. The maximum absolute atomic E-state index is 13.0. The largest absolute Gasteiger partial charge is 0.490 e. The van der Waals surface area contributed by atoms with Crippen LogP contribution in [-0.4, -0.2) is 23.9 Å². The summed E-state index contributed by atoms with van der Waals surface area (Å²) >= 11 is 0. The Hall–Kier alpha value is -2.60. The number of carboxylic acid groups (broad SMARTS) is 1. The minimum Gasteiger partial charge on any atom is -0.490 e. The van der Waals surface area contributed by atoms with Gasteiger partial charge in [-0.25, -0.2) is 9.18 Å². The molecule has 1 unspecified atom stereocenters. The summed E-state index contributed by atoms with van der Waals surface area (Å²) in [6.45, 7) is 4.32. The number of hydrogen-bond donors (Lipinski definition) is 2. The van der Waals surface area contributed by atoms with Gasteiger partial charge < -0.3 is 20.3 Å². The summed E-state index contributed by atoms with van der Waals surface area (Å²) in [5, 5.41) is 8.47. The van der Waals surface area contributed by atoms with Crippen LogP contribution in [0.3, 0.4) is 0 Å². The van der Waals surface area contributed by atoms with Gasteiger partial charge in [-0.1, -0.05) is 44.2 Å². The van der Waals surface area contributed by atoms with E-state index in [1.807, 2.05) is 38.1 Å². The fraction of sp³-hybridized carbons (Fsp3) is 0.316. The molecule has 2 aromatic rings. The summed E-state index contributed by atoms with van der Waals surface area (Å²) in [6.07, 6.45) is -2.05. The summed E-state index contributed by atoms with van der Waals surface area (Å²) < 4.78 is 23.7. The molecule has 0 bridgehead atoms. The minimum atomic E-state index is -2.05. The van der Waals surface area contributed by atoms with Crippen LogP contribution in [0.5, 0.6) is 11.5 Å². The maximum Gasteiger partial charge on any atom is 0.341 e. The fourth-order valence-corrected chi connectivity index (χ4v) is 1.83. The molecule has 0 heterocycles. The number of carbonyl (C=O) groups is 1. The van der Waals surface area contributed by atoms with Crippen molar-refractivity contribution in [3.05, 3.63) is 59.7 Å². The molecule has 0 radical (unpaired) electrons. The minimum absolute atomic E-state index is 0.352. The zero-order chi connectivity index (χ0) is 18.7. The highest BCUT2D eigenvalue weighted by atomic mass is 19.1.